The molecule has 4 rings (SSSR count). The van der Waals surface area contributed by atoms with Crippen LogP contribution < -0.4 is 14.2 Å². The molecule has 0 N–H and O–H groups in total. The van der Waals surface area contributed by atoms with Crippen LogP contribution in [0.4, 0.5) is 0 Å². The number of carbonyl (C=O) groups is 2. The lowest BCUT2D eigenvalue weighted by Crippen LogP contribution is -2.31. The van der Waals surface area contributed by atoms with E-state index in [1.54, 1.807) is 12.1 Å². The molecule has 0 atom stereocenters. The zero-order valence-corrected chi connectivity index (χ0v) is 18.1. The fraction of sp³-hybridized carbons (Fsp3) is 0.154. The maximum atomic E-state index is 13.5. The van der Waals surface area contributed by atoms with Gasteiger partial charge in [0.25, 0.3) is 11.8 Å². The van der Waals surface area contributed by atoms with Crippen LogP contribution >= 0.6 is 0 Å². The summed E-state index contributed by atoms with van der Waals surface area (Å²) in [6.45, 7) is 0.0705. The van der Waals surface area contributed by atoms with Gasteiger partial charge in [-0.2, -0.15) is 0 Å². The molecule has 0 bridgehead atoms. The van der Waals surface area contributed by atoms with Crippen LogP contribution in [0, 0.1) is 0 Å². The molecule has 0 saturated heterocycles. The summed E-state index contributed by atoms with van der Waals surface area (Å²) in [4.78, 5) is 28.2. The summed E-state index contributed by atoms with van der Waals surface area (Å²) in [5, 5.41) is 0. The standard InChI is InChI=1S/C26H23NO5/c1-30-20-14-17(15-21(31-2)24(20)32-3)16-27-25(28)22(18-10-6-4-7-11-18)23(26(27)29)19-12-8-5-9-13-19/h4-15H,16H2,1-3H3. The van der Waals surface area contributed by atoms with Gasteiger partial charge in [-0.25, -0.2) is 0 Å². The molecule has 0 aliphatic carbocycles. The minimum Gasteiger partial charge on any atom is -0.493 e. The van der Waals surface area contributed by atoms with Crippen molar-refractivity contribution in [2.75, 3.05) is 21.3 Å². The van der Waals surface area contributed by atoms with Gasteiger partial charge in [-0.1, -0.05) is 60.7 Å². The Bertz CT molecular complexity index is 1100. The maximum absolute atomic E-state index is 13.5. The number of methoxy groups -OCH3 is 3. The number of carbonyl (C=O) groups excluding carboxylic acids is 2. The van der Waals surface area contributed by atoms with E-state index in [1.165, 1.54) is 26.2 Å². The first kappa shape index (κ1) is 21.2. The van der Waals surface area contributed by atoms with Crippen molar-refractivity contribution in [2.45, 2.75) is 6.54 Å². The number of amides is 2. The van der Waals surface area contributed by atoms with Gasteiger partial charge >= 0.3 is 0 Å². The van der Waals surface area contributed by atoms with Gasteiger partial charge in [0, 0.05) is 0 Å². The molecule has 3 aromatic rings. The zero-order valence-electron chi connectivity index (χ0n) is 18.1. The minimum absolute atomic E-state index is 0.0705. The van der Waals surface area contributed by atoms with Gasteiger partial charge < -0.3 is 14.2 Å². The van der Waals surface area contributed by atoms with Crippen molar-refractivity contribution in [3.05, 3.63) is 89.5 Å². The maximum Gasteiger partial charge on any atom is 0.262 e. The molecule has 32 heavy (non-hydrogen) atoms. The van der Waals surface area contributed by atoms with Crippen LogP contribution in [0.15, 0.2) is 72.8 Å². The van der Waals surface area contributed by atoms with Gasteiger partial charge in [-0.15, -0.1) is 0 Å². The monoisotopic (exact) mass is 429 g/mol. The zero-order chi connectivity index (χ0) is 22.7. The van der Waals surface area contributed by atoms with E-state index in [4.69, 9.17) is 14.2 Å². The summed E-state index contributed by atoms with van der Waals surface area (Å²) < 4.78 is 16.2. The number of nitrogens with zero attached hydrogens (tertiary/aromatic N) is 1. The first-order valence-electron chi connectivity index (χ1n) is 10.1. The lowest BCUT2D eigenvalue weighted by Gasteiger charge is -2.18. The number of imide groups is 1. The number of ether oxygens (including phenoxy) is 3. The summed E-state index contributed by atoms with van der Waals surface area (Å²) in [5.74, 6) is 0.689. The molecule has 0 saturated carbocycles. The van der Waals surface area contributed by atoms with E-state index in [9.17, 15) is 9.59 Å². The van der Waals surface area contributed by atoms with Gasteiger partial charge in [-0.3, -0.25) is 14.5 Å². The second-order valence-corrected chi connectivity index (χ2v) is 7.21. The first-order valence-corrected chi connectivity index (χ1v) is 10.1. The third-order valence-electron chi connectivity index (χ3n) is 5.36. The van der Waals surface area contributed by atoms with Crippen molar-refractivity contribution in [1.82, 2.24) is 4.90 Å². The Morgan fingerprint density at radius 1 is 0.656 bits per heavy atom. The van der Waals surface area contributed by atoms with Crippen LogP contribution in [0.2, 0.25) is 0 Å². The van der Waals surface area contributed by atoms with Crippen LogP contribution in [-0.2, 0) is 16.1 Å². The van der Waals surface area contributed by atoms with Gasteiger partial charge in [0.15, 0.2) is 11.5 Å². The Balaban J connectivity index is 1.77. The Kier molecular flexibility index (Phi) is 5.94. The highest BCUT2D eigenvalue weighted by Crippen LogP contribution is 2.40. The van der Waals surface area contributed by atoms with E-state index in [0.717, 1.165) is 0 Å². The molecule has 6 heteroatoms. The van der Waals surface area contributed by atoms with Crippen LogP contribution in [0.25, 0.3) is 11.1 Å². The molecule has 6 nitrogen and oxygen atoms in total. The molecule has 3 aromatic carbocycles. The number of benzene rings is 3. The van der Waals surface area contributed by atoms with Crippen molar-refractivity contribution in [3.63, 3.8) is 0 Å². The number of hydrogen-bond acceptors (Lipinski definition) is 5. The van der Waals surface area contributed by atoms with E-state index in [1.807, 2.05) is 60.7 Å². The predicted molar refractivity (Wildman–Crippen MR) is 121 cm³/mol. The topological polar surface area (TPSA) is 65.1 Å². The molecule has 1 aliphatic rings. The van der Waals surface area contributed by atoms with E-state index in [2.05, 4.69) is 0 Å². The van der Waals surface area contributed by atoms with Crippen LogP contribution in [0.1, 0.15) is 16.7 Å². The van der Waals surface area contributed by atoms with Crippen molar-refractivity contribution in [2.24, 2.45) is 0 Å². The molecule has 0 fully saturated rings. The summed E-state index contributed by atoms with van der Waals surface area (Å²) in [7, 11) is 4.57. The molecular weight excluding hydrogens is 406 g/mol. The molecule has 0 aromatic heterocycles. The van der Waals surface area contributed by atoms with Crippen molar-refractivity contribution >= 4 is 23.0 Å². The summed E-state index contributed by atoms with van der Waals surface area (Å²) in [6, 6.07) is 22.0. The third kappa shape index (κ3) is 3.71. The normalized spacial score (nSPS) is 13.5. The molecule has 2 amide bonds. The second kappa shape index (κ2) is 8.98. The average molecular weight is 429 g/mol. The number of hydrogen-bond donors (Lipinski definition) is 0. The molecule has 0 radical (unpaired) electrons. The van der Waals surface area contributed by atoms with E-state index < -0.39 is 0 Å². The smallest absolute Gasteiger partial charge is 0.262 e. The van der Waals surface area contributed by atoms with Crippen molar-refractivity contribution in [1.29, 1.82) is 0 Å². The van der Waals surface area contributed by atoms with E-state index >= 15 is 0 Å². The molecule has 0 spiro atoms. The van der Waals surface area contributed by atoms with Crippen LogP contribution in [-0.4, -0.2) is 38.0 Å². The summed E-state index contributed by atoms with van der Waals surface area (Å²) in [5.41, 5.74) is 2.89. The van der Waals surface area contributed by atoms with Crippen molar-refractivity contribution < 1.29 is 23.8 Å². The molecular formula is C26H23NO5. The summed E-state index contributed by atoms with van der Waals surface area (Å²) >= 11 is 0. The third-order valence-corrected chi connectivity index (χ3v) is 5.36. The summed E-state index contributed by atoms with van der Waals surface area (Å²) in [6.07, 6.45) is 0. The SMILES string of the molecule is COc1cc(CN2C(=O)C(c3ccccc3)=C(c3ccccc3)C2=O)cc(OC)c1OC. The molecule has 1 aliphatic heterocycles. The minimum atomic E-state index is -0.339. The molecule has 1 heterocycles. The highest BCUT2D eigenvalue weighted by molar-refractivity contribution is 6.48. The van der Waals surface area contributed by atoms with Crippen molar-refractivity contribution in [3.8, 4) is 17.2 Å². The molecule has 0 unspecified atom stereocenters. The second-order valence-electron chi connectivity index (χ2n) is 7.21. The van der Waals surface area contributed by atoms with Crippen LogP contribution in [0.3, 0.4) is 0 Å². The Morgan fingerprint density at radius 3 is 1.47 bits per heavy atom. The number of rotatable bonds is 7. The lowest BCUT2D eigenvalue weighted by atomic mass is 9.96. The highest BCUT2D eigenvalue weighted by Gasteiger charge is 2.39. The fourth-order valence-corrected chi connectivity index (χ4v) is 3.87. The Hall–Kier alpha value is -4.06. The predicted octanol–water partition coefficient (Wildman–Crippen LogP) is 4.19. The lowest BCUT2D eigenvalue weighted by molar-refractivity contribution is -0.136. The Morgan fingerprint density at radius 2 is 1.09 bits per heavy atom. The van der Waals surface area contributed by atoms with Gasteiger partial charge in [0.05, 0.1) is 39.0 Å². The van der Waals surface area contributed by atoms with Gasteiger partial charge in [0.1, 0.15) is 0 Å². The Labute approximate surface area is 186 Å². The largest absolute Gasteiger partial charge is 0.493 e. The molecule has 162 valence electrons. The van der Waals surface area contributed by atoms with Crippen LogP contribution in [0.5, 0.6) is 17.2 Å². The van der Waals surface area contributed by atoms with Gasteiger partial charge in [0.2, 0.25) is 5.75 Å². The average Bonchev–Trinajstić information content (AvgIpc) is 3.09. The van der Waals surface area contributed by atoms with E-state index in [-0.39, 0.29) is 18.4 Å². The first-order chi connectivity index (χ1) is 15.6. The highest BCUT2D eigenvalue weighted by atomic mass is 16.5. The van der Waals surface area contributed by atoms with Gasteiger partial charge in [-0.05, 0) is 28.8 Å². The van der Waals surface area contributed by atoms with E-state index in [0.29, 0.717) is 45.1 Å². The quantitative estimate of drug-likeness (QED) is 0.527. The fourth-order valence-electron chi connectivity index (χ4n) is 3.87.